The molecule has 0 amide bonds. The fourth-order valence-electron chi connectivity index (χ4n) is 2.17. The molecular formula is C17H14BrNO5. The molecular weight excluding hydrogens is 378 g/mol. The van der Waals surface area contributed by atoms with Crippen molar-refractivity contribution >= 4 is 33.4 Å². The fourth-order valence-corrected chi connectivity index (χ4v) is 2.43. The summed E-state index contributed by atoms with van der Waals surface area (Å²) in [5.41, 5.74) is 0.515. The summed E-state index contributed by atoms with van der Waals surface area (Å²) >= 11 is 3.28. The quantitative estimate of drug-likeness (QED) is 0.331. The molecule has 0 aliphatic heterocycles. The van der Waals surface area contributed by atoms with E-state index >= 15 is 0 Å². The average Bonchev–Trinajstić information content (AvgIpc) is 2.54. The van der Waals surface area contributed by atoms with E-state index in [-0.39, 0.29) is 22.6 Å². The van der Waals surface area contributed by atoms with Crippen LogP contribution in [-0.4, -0.2) is 22.8 Å². The molecule has 0 unspecified atom stereocenters. The van der Waals surface area contributed by atoms with E-state index in [0.29, 0.717) is 5.56 Å². The first-order valence-corrected chi connectivity index (χ1v) is 7.85. The Bertz CT molecular complexity index is 801. The number of nitrogens with zero attached hydrogens (tertiary/aromatic N) is 1. The van der Waals surface area contributed by atoms with Crippen LogP contribution in [0.4, 0.5) is 5.69 Å². The minimum absolute atomic E-state index is 0.0691. The van der Waals surface area contributed by atoms with Crippen molar-refractivity contribution in [2.45, 2.75) is 20.0 Å². The summed E-state index contributed by atoms with van der Waals surface area (Å²) in [6, 6.07) is 10.8. The Morgan fingerprint density at radius 3 is 2.38 bits per heavy atom. The molecule has 6 nitrogen and oxygen atoms in total. The summed E-state index contributed by atoms with van der Waals surface area (Å²) in [6.07, 6.45) is -1.00. The Morgan fingerprint density at radius 1 is 1.17 bits per heavy atom. The van der Waals surface area contributed by atoms with Crippen LogP contribution < -0.4 is 0 Å². The Kier molecular flexibility index (Phi) is 5.46. The largest absolute Gasteiger partial charge is 0.451 e. The molecule has 0 N–H and O–H groups in total. The van der Waals surface area contributed by atoms with E-state index in [2.05, 4.69) is 15.9 Å². The number of ether oxygens (including phenoxy) is 1. The zero-order valence-electron chi connectivity index (χ0n) is 13.0. The highest BCUT2D eigenvalue weighted by Gasteiger charge is 2.24. The summed E-state index contributed by atoms with van der Waals surface area (Å²) in [5.74, 6) is -1.12. The highest BCUT2D eigenvalue weighted by Crippen LogP contribution is 2.22. The number of esters is 1. The predicted molar refractivity (Wildman–Crippen MR) is 91.2 cm³/mol. The van der Waals surface area contributed by atoms with Gasteiger partial charge in [0.15, 0.2) is 6.10 Å². The second-order valence-corrected chi connectivity index (χ2v) is 6.04. The van der Waals surface area contributed by atoms with Gasteiger partial charge in [0.05, 0.1) is 10.5 Å². The van der Waals surface area contributed by atoms with E-state index in [1.54, 1.807) is 24.3 Å². The summed E-state index contributed by atoms with van der Waals surface area (Å²) in [6.45, 7) is 2.94. The van der Waals surface area contributed by atoms with Crippen LogP contribution in [-0.2, 0) is 4.74 Å². The van der Waals surface area contributed by atoms with Gasteiger partial charge in [-0.3, -0.25) is 14.9 Å². The molecule has 0 saturated carbocycles. The van der Waals surface area contributed by atoms with E-state index in [9.17, 15) is 19.7 Å². The molecule has 24 heavy (non-hydrogen) atoms. The van der Waals surface area contributed by atoms with E-state index < -0.39 is 17.0 Å². The van der Waals surface area contributed by atoms with Crippen molar-refractivity contribution < 1.29 is 19.2 Å². The minimum Gasteiger partial charge on any atom is -0.451 e. The number of carbonyl (C=O) groups is 2. The highest BCUT2D eigenvalue weighted by molar-refractivity contribution is 9.10. The SMILES string of the molecule is Cc1c(C(=O)O[C@H](C)C(=O)c2ccc(Br)cc2)cccc1[N+](=O)[O-]. The number of ketones is 1. The van der Waals surface area contributed by atoms with Crippen LogP contribution in [0.5, 0.6) is 0 Å². The van der Waals surface area contributed by atoms with Crippen LogP contribution in [0.3, 0.4) is 0 Å². The molecule has 2 aromatic carbocycles. The van der Waals surface area contributed by atoms with Crippen LogP contribution in [0.1, 0.15) is 33.2 Å². The van der Waals surface area contributed by atoms with Crippen LogP contribution in [0, 0.1) is 17.0 Å². The van der Waals surface area contributed by atoms with Crippen molar-refractivity contribution in [3.8, 4) is 0 Å². The number of benzene rings is 2. The molecule has 0 saturated heterocycles. The number of carbonyl (C=O) groups excluding carboxylic acids is 2. The Morgan fingerprint density at radius 2 is 1.79 bits per heavy atom. The molecule has 0 bridgehead atoms. The first kappa shape index (κ1) is 17.8. The molecule has 0 aromatic heterocycles. The lowest BCUT2D eigenvalue weighted by atomic mass is 10.1. The van der Waals surface area contributed by atoms with Gasteiger partial charge in [-0.1, -0.05) is 34.1 Å². The molecule has 0 aliphatic rings. The summed E-state index contributed by atoms with van der Waals surface area (Å²) < 4.78 is 6.01. The first-order valence-electron chi connectivity index (χ1n) is 7.06. The van der Waals surface area contributed by atoms with E-state index in [0.717, 1.165) is 4.47 Å². The van der Waals surface area contributed by atoms with Crippen LogP contribution in [0.25, 0.3) is 0 Å². The lowest BCUT2D eigenvalue weighted by Crippen LogP contribution is -2.24. The Balaban J connectivity index is 2.17. The normalized spacial score (nSPS) is 11.6. The van der Waals surface area contributed by atoms with Crippen molar-refractivity contribution in [1.29, 1.82) is 0 Å². The lowest BCUT2D eigenvalue weighted by Gasteiger charge is -2.13. The Labute approximate surface area is 146 Å². The van der Waals surface area contributed by atoms with Gasteiger partial charge in [0.2, 0.25) is 5.78 Å². The minimum atomic E-state index is -1.00. The maximum Gasteiger partial charge on any atom is 0.339 e. The number of hydrogen-bond donors (Lipinski definition) is 0. The van der Waals surface area contributed by atoms with Gasteiger partial charge in [-0.15, -0.1) is 0 Å². The van der Waals surface area contributed by atoms with Crippen molar-refractivity contribution in [2.75, 3.05) is 0 Å². The monoisotopic (exact) mass is 391 g/mol. The third kappa shape index (κ3) is 3.86. The second-order valence-electron chi connectivity index (χ2n) is 5.13. The van der Waals surface area contributed by atoms with Gasteiger partial charge in [0.1, 0.15) is 0 Å². The predicted octanol–water partition coefficient (Wildman–Crippen LogP) is 4.09. The third-order valence-electron chi connectivity index (χ3n) is 3.50. The molecule has 0 fully saturated rings. The van der Waals surface area contributed by atoms with Gasteiger partial charge in [-0.25, -0.2) is 4.79 Å². The molecule has 0 aliphatic carbocycles. The fraction of sp³-hybridized carbons (Fsp3) is 0.176. The Hall–Kier alpha value is -2.54. The van der Waals surface area contributed by atoms with E-state index in [1.807, 2.05) is 0 Å². The summed E-state index contributed by atoms with van der Waals surface area (Å²) in [4.78, 5) is 34.9. The number of Topliss-reactive ketones (excluding diaryl/α,β-unsaturated/α-hetero) is 1. The van der Waals surface area contributed by atoms with Gasteiger partial charge in [0, 0.05) is 21.7 Å². The topological polar surface area (TPSA) is 86.5 Å². The van der Waals surface area contributed by atoms with Gasteiger partial charge >= 0.3 is 5.97 Å². The van der Waals surface area contributed by atoms with Crippen molar-refractivity contribution in [3.63, 3.8) is 0 Å². The number of halogens is 1. The van der Waals surface area contributed by atoms with Gasteiger partial charge in [-0.05, 0) is 32.0 Å². The van der Waals surface area contributed by atoms with Crippen molar-refractivity contribution in [1.82, 2.24) is 0 Å². The molecule has 124 valence electrons. The molecule has 1 atom stereocenters. The van der Waals surface area contributed by atoms with Crippen LogP contribution in [0.15, 0.2) is 46.9 Å². The first-order chi connectivity index (χ1) is 11.3. The molecule has 2 aromatic rings. The maximum absolute atomic E-state index is 12.3. The lowest BCUT2D eigenvalue weighted by molar-refractivity contribution is -0.385. The molecule has 0 radical (unpaired) electrons. The van der Waals surface area contributed by atoms with Crippen molar-refractivity contribution in [3.05, 3.63) is 73.7 Å². The molecule has 0 spiro atoms. The number of nitro groups is 1. The van der Waals surface area contributed by atoms with Crippen LogP contribution >= 0.6 is 15.9 Å². The van der Waals surface area contributed by atoms with Crippen LogP contribution in [0.2, 0.25) is 0 Å². The smallest absolute Gasteiger partial charge is 0.339 e. The van der Waals surface area contributed by atoms with Gasteiger partial charge < -0.3 is 4.74 Å². The summed E-state index contributed by atoms with van der Waals surface area (Å²) in [7, 11) is 0. The molecule has 0 heterocycles. The second kappa shape index (κ2) is 7.35. The van der Waals surface area contributed by atoms with E-state index in [1.165, 1.54) is 32.0 Å². The number of hydrogen-bond acceptors (Lipinski definition) is 5. The zero-order chi connectivity index (χ0) is 17.9. The van der Waals surface area contributed by atoms with Gasteiger partial charge in [-0.2, -0.15) is 0 Å². The van der Waals surface area contributed by atoms with E-state index in [4.69, 9.17) is 4.74 Å². The molecule has 7 heteroatoms. The third-order valence-corrected chi connectivity index (χ3v) is 4.03. The highest BCUT2D eigenvalue weighted by atomic mass is 79.9. The molecule has 2 rings (SSSR count). The number of rotatable bonds is 5. The zero-order valence-corrected chi connectivity index (χ0v) is 14.6. The summed E-state index contributed by atoms with van der Waals surface area (Å²) in [5, 5.41) is 10.9. The van der Waals surface area contributed by atoms with Gasteiger partial charge in [0.25, 0.3) is 5.69 Å². The number of nitro benzene ring substituents is 1. The average molecular weight is 392 g/mol. The standard InChI is InChI=1S/C17H14BrNO5/c1-10-14(4-3-5-15(10)19(22)23)17(21)24-11(2)16(20)12-6-8-13(18)9-7-12/h3-9,11H,1-2H3/t11-/m1/s1. The van der Waals surface area contributed by atoms with Crippen molar-refractivity contribution in [2.24, 2.45) is 0 Å². The maximum atomic E-state index is 12.3.